The van der Waals surface area contributed by atoms with Crippen molar-refractivity contribution in [3.05, 3.63) is 23.8 Å². The lowest BCUT2D eigenvalue weighted by molar-refractivity contribution is -0.121. The number of carbonyl (C=O) groups excluding carboxylic acids is 1. The second-order valence-corrected chi connectivity index (χ2v) is 5.61. The van der Waals surface area contributed by atoms with E-state index in [-0.39, 0.29) is 11.5 Å². The zero-order valence-corrected chi connectivity index (χ0v) is 11.2. The predicted octanol–water partition coefficient (Wildman–Crippen LogP) is 2.84. The standard InChI is InChI=1S/C15H18N2O3/c18-13(19)10-6-5-7-11-12(10)16-14(20)15(17-11)8-3-1-2-4-9-15/h5-7,17H,1-4,8-9H2,(H,16,20)(H,18,19). The molecular weight excluding hydrogens is 256 g/mol. The SMILES string of the molecule is O=C(O)c1cccc2c1NC(=O)C1(CCCCCC1)N2. The fourth-order valence-electron chi connectivity index (χ4n) is 3.20. The highest BCUT2D eigenvalue weighted by Gasteiger charge is 2.42. The highest BCUT2D eigenvalue weighted by molar-refractivity contribution is 6.11. The van der Waals surface area contributed by atoms with Crippen LogP contribution in [-0.4, -0.2) is 22.5 Å². The number of hydrogen-bond donors (Lipinski definition) is 3. The summed E-state index contributed by atoms with van der Waals surface area (Å²) in [5.41, 5.74) is 0.666. The van der Waals surface area contributed by atoms with Gasteiger partial charge in [-0.2, -0.15) is 0 Å². The maximum atomic E-state index is 12.5. The van der Waals surface area contributed by atoms with Crippen molar-refractivity contribution in [1.29, 1.82) is 0 Å². The molecule has 0 radical (unpaired) electrons. The molecule has 1 saturated carbocycles. The van der Waals surface area contributed by atoms with Crippen molar-refractivity contribution in [3.8, 4) is 0 Å². The molecule has 0 saturated heterocycles. The molecule has 1 amide bonds. The van der Waals surface area contributed by atoms with Crippen LogP contribution in [0.4, 0.5) is 11.4 Å². The molecule has 1 aliphatic heterocycles. The van der Waals surface area contributed by atoms with Gasteiger partial charge in [0.1, 0.15) is 5.54 Å². The van der Waals surface area contributed by atoms with Crippen LogP contribution >= 0.6 is 0 Å². The number of carboxylic acid groups (broad SMARTS) is 1. The van der Waals surface area contributed by atoms with Crippen LogP contribution in [0.1, 0.15) is 48.9 Å². The van der Waals surface area contributed by atoms with Crippen molar-refractivity contribution in [3.63, 3.8) is 0 Å². The average Bonchev–Trinajstić information content (AvgIpc) is 2.66. The Kier molecular flexibility index (Phi) is 3.12. The molecule has 3 N–H and O–H groups in total. The van der Waals surface area contributed by atoms with Crippen molar-refractivity contribution in [2.75, 3.05) is 10.6 Å². The first kappa shape index (κ1) is 13.0. The number of amides is 1. The second-order valence-electron chi connectivity index (χ2n) is 5.61. The number of carboxylic acids is 1. The fourth-order valence-corrected chi connectivity index (χ4v) is 3.20. The molecule has 0 unspecified atom stereocenters. The van der Waals surface area contributed by atoms with Gasteiger partial charge in [0.15, 0.2) is 0 Å². The minimum absolute atomic E-state index is 0.0967. The summed E-state index contributed by atoms with van der Waals surface area (Å²) in [6, 6.07) is 5.04. The summed E-state index contributed by atoms with van der Waals surface area (Å²) in [7, 11) is 0. The van der Waals surface area contributed by atoms with E-state index in [9.17, 15) is 14.7 Å². The summed E-state index contributed by atoms with van der Waals surface area (Å²) < 4.78 is 0. The van der Waals surface area contributed by atoms with Gasteiger partial charge in [0, 0.05) is 0 Å². The Morgan fingerprint density at radius 3 is 2.50 bits per heavy atom. The van der Waals surface area contributed by atoms with Crippen molar-refractivity contribution in [2.24, 2.45) is 0 Å². The lowest BCUT2D eigenvalue weighted by Gasteiger charge is -2.38. The first-order valence-corrected chi connectivity index (χ1v) is 7.08. The lowest BCUT2D eigenvalue weighted by Crippen LogP contribution is -2.52. The summed E-state index contributed by atoms with van der Waals surface area (Å²) >= 11 is 0. The minimum atomic E-state index is -1.03. The summed E-state index contributed by atoms with van der Waals surface area (Å²) in [5.74, 6) is -1.12. The molecule has 1 aromatic carbocycles. The van der Waals surface area contributed by atoms with Crippen LogP contribution in [0.3, 0.4) is 0 Å². The van der Waals surface area contributed by atoms with Gasteiger partial charge >= 0.3 is 5.97 Å². The molecule has 1 heterocycles. The summed E-state index contributed by atoms with van der Waals surface area (Å²) in [4.78, 5) is 23.7. The number of carbonyl (C=O) groups is 2. The molecule has 1 aromatic rings. The molecule has 0 aromatic heterocycles. The van der Waals surface area contributed by atoms with Crippen LogP contribution in [0.2, 0.25) is 0 Å². The molecule has 5 nitrogen and oxygen atoms in total. The third-order valence-corrected chi connectivity index (χ3v) is 4.30. The first-order chi connectivity index (χ1) is 9.62. The van der Waals surface area contributed by atoms with Gasteiger partial charge in [-0.05, 0) is 25.0 Å². The zero-order valence-electron chi connectivity index (χ0n) is 11.2. The van der Waals surface area contributed by atoms with Gasteiger partial charge < -0.3 is 15.7 Å². The molecule has 0 atom stereocenters. The van der Waals surface area contributed by atoms with Gasteiger partial charge in [-0.15, -0.1) is 0 Å². The number of aromatic carboxylic acids is 1. The van der Waals surface area contributed by atoms with Crippen molar-refractivity contribution >= 4 is 23.3 Å². The summed E-state index contributed by atoms with van der Waals surface area (Å²) in [6.45, 7) is 0. The van der Waals surface area contributed by atoms with E-state index in [1.165, 1.54) is 6.07 Å². The molecule has 0 bridgehead atoms. The number of para-hydroxylation sites is 1. The Morgan fingerprint density at radius 1 is 1.15 bits per heavy atom. The molecule has 2 aliphatic rings. The van der Waals surface area contributed by atoms with E-state index in [1.807, 2.05) is 6.07 Å². The van der Waals surface area contributed by atoms with Crippen molar-refractivity contribution < 1.29 is 14.7 Å². The highest BCUT2D eigenvalue weighted by atomic mass is 16.4. The molecule has 1 fully saturated rings. The molecule has 20 heavy (non-hydrogen) atoms. The minimum Gasteiger partial charge on any atom is -0.478 e. The Labute approximate surface area is 117 Å². The largest absolute Gasteiger partial charge is 0.478 e. The van der Waals surface area contributed by atoms with Crippen LogP contribution in [0.5, 0.6) is 0 Å². The number of fused-ring (bicyclic) bond motifs is 1. The van der Waals surface area contributed by atoms with E-state index in [1.54, 1.807) is 6.07 Å². The maximum absolute atomic E-state index is 12.5. The zero-order chi connectivity index (χ0) is 14.2. The average molecular weight is 274 g/mol. The third kappa shape index (κ3) is 2.03. The van der Waals surface area contributed by atoms with Gasteiger partial charge in [0.25, 0.3) is 0 Å². The van der Waals surface area contributed by atoms with Gasteiger partial charge in [-0.3, -0.25) is 4.79 Å². The van der Waals surface area contributed by atoms with Gasteiger partial charge in [0.2, 0.25) is 5.91 Å². The molecule has 1 aliphatic carbocycles. The Bertz CT molecular complexity index is 560. The second kappa shape index (κ2) is 4.81. The number of rotatable bonds is 1. The smallest absolute Gasteiger partial charge is 0.337 e. The Hall–Kier alpha value is -2.04. The van der Waals surface area contributed by atoms with Crippen LogP contribution in [-0.2, 0) is 4.79 Å². The molecule has 1 spiro atoms. The predicted molar refractivity (Wildman–Crippen MR) is 76.1 cm³/mol. The van der Waals surface area contributed by atoms with Crippen molar-refractivity contribution in [2.45, 2.75) is 44.1 Å². The Morgan fingerprint density at radius 2 is 1.85 bits per heavy atom. The lowest BCUT2D eigenvalue weighted by atomic mass is 9.86. The summed E-state index contributed by atoms with van der Waals surface area (Å²) in [5, 5.41) is 15.3. The topological polar surface area (TPSA) is 78.4 Å². The number of hydrogen-bond acceptors (Lipinski definition) is 3. The maximum Gasteiger partial charge on any atom is 0.337 e. The van der Waals surface area contributed by atoms with E-state index in [0.717, 1.165) is 38.5 Å². The highest BCUT2D eigenvalue weighted by Crippen LogP contribution is 2.39. The normalized spacial score (nSPS) is 20.5. The fraction of sp³-hybridized carbons (Fsp3) is 0.467. The quantitative estimate of drug-likeness (QED) is 0.735. The van der Waals surface area contributed by atoms with E-state index in [2.05, 4.69) is 10.6 Å². The molecular formula is C15H18N2O3. The van der Waals surface area contributed by atoms with Gasteiger partial charge in [-0.25, -0.2) is 4.79 Å². The molecule has 106 valence electrons. The van der Waals surface area contributed by atoms with E-state index in [0.29, 0.717) is 11.4 Å². The first-order valence-electron chi connectivity index (χ1n) is 7.08. The molecule has 3 rings (SSSR count). The molecule has 5 heteroatoms. The third-order valence-electron chi connectivity index (χ3n) is 4.30. The number of anilines is 2. The van der Waals surface area contributed by atoms with Crippen LogP contribution in [0, 0.1) is 0 Å². The number of benzene rings is 1. The van der Waals surface area contributed by atoms with E-state index in [4.69, 9.17) is 0 Å². The van der Waals surface area contributed by atoms with Crippen LogP contribution < -0.4 is 10.6 Å². The van der Waals surface area contributed by atoms with Crippen LogP contribution in [0.15, 0.2) is 18.2 Å². The van der Waals surface area contributed by atoms with Gasteiger partial charge in [-0.1, -0.05) is 31.7 Å². The number of nitrogens with one attached hydrogen (secondary N) is 2. The monoisotopic (exact) mass is 274 g/mol. The van der Waals surface area contributed by atoms with E-state index >= 15 is 0 Å². The summed E-state index contributed by atoms with van der Waals surface area (Å²) in [6.07, 6.45) is 5.95. The van der Waals surface area contributed by atoms with E-state index < -0.39 is 11.5 Å². The van der Waals surface area contributed by atoms with Crippen LogP contribution in [0.25, 0.3) is 0 Å². The van der Waals surface area contributed by atoms with Crippen molar-refractivity contribution in [1.82, 2.24) is 0 Å². The van der Waals surface area contributed by atoms with Gasteiger partial charge in [0.05, 0.1) is 16.9 Å². The Balaban J connectivity index is 2.00.